The fraction of sp³-hybridized carbons (Fsp3) is 0.222. The Morgan fingerprint density at radius 2 is 1.91 bits per heavy atom. The molecule has 0 saturated heterocycles. The lowest BCUT2D eigenvalue weighted by molar-refractivity contribution is 0.682. The molecule has 5 radical (unpaired) electrons. The molecule has 22 heavy (non-hydrogen) atoms. The van der Waals surface area contributed by atoms with E-state index in [0.29, 0.717) is 5.02 Å². The third-order valence-electron chi connectivity index (χ3n) is 3.61. The van der Waals surface area contributed by atoms with E-state index >= 15 is 0 Å². The molecule has 0 aliphatic heterocycles. The first-order valence-corrected chi connectivity index (χ1v) is 7.90. The number of hydrogen-bond donors (Lipinski definition) is 2. The van der Waals surface area contributed by atoms with Gasteiger partial charge in [-0.05, 0) is 68.8 Å². The number of hydrogen-bond acceptors (Lipinski definition) is 3. The van der Waals surface area contributed by atoms with Gasteiger partial charge in [0.2, 0.25) is 0 Å². The molecule has 3 rings (SSSR count). The second-order valence-electron chi connectivity index (χ2n) is 5.27. The van der Waals surface area contributed by atoms with Gasteiger partial charge in [0.05, 0.1) is 5.52 Å². The van der Waals surface area contributed by atoms with Crippen LogP contribution in [0.5, 0.6) is 0 Å². The number of anilines is 1. The molecule has 1 aliphatic rings. The number of nitrogens with zero attached hydrogens (tertiary/aromatic N) is 1. The highest BCUT2D eigenvalue weighted by molar-refractivity contribution is 6.31. The number of nitrogens with one attached hydrogen (secondary N) is 2. The summed E-state index contributed by atoms with van der Waals surface area (Å²) in [7, 11) is 0. The Hall–Kier alpha value is -1.32. The summed E-state index contributed by atoms with van der Waals surface area (Å²) in [4.78, 5) is 4.35. The minimum Gasteiger partial charge on any atom is -0.384 e. The Bertz CT molecular complexity index is 608. The second kappa shape index (κ2) is 7.80. The highest BCUT2D eigenvalue weighted by Gasteiger charge is 2.15. The molecule has 1 aromatic heterocycles. The van der Waals surface area contributed by atoms with Crippen molar-refractivity contribution in [2.45, 2.75) is 6.42 Å². The molecule has 0 spiro atoms. The quantitative estimate of drug-likeness (QED) is 0.766. The molecule has 2 aromatic rings. The molecule has 3 nitrogen and oxygen atoms in total. The standard InChI is InChI=1S/C18H19ClN3/c19-15-6-7-16-17(8-11-22-18(16)12-15)21-10-3-9-20-13-14-4-1-2-5-14/h1-2,4-8,11-12,20H,3,9-10,13H2,(H,21,22). The second-order valence-corrected chi connectivity index (χ2v) is 5.71. The molecule has 0 amide bonds. The van der Waals surface area contributed by atoms with E-state index in [1.807, 2.05) is 30.5 Å². The Kier molecular flexibility index (Phi) is 5.52. The summed E-state index contributed by atoms with van der Waals surface area (Å²) in [5.74, 6) is 1.34. The Morgan fingerprint density at radius 1 is 1.05 bits per heavy atom. The van der Waals surface area contributed by atoms with E-state index in [1.165, 1.54) is 5.92 Å². The molecule has 113 valence electrons. The fourth-order valence-corrected chi connectivity index (χ4v) is 2.64. The smallest absolute Gasteiger partial charge is 0.0737 e. The van der Waals surface area contributed by atoms with Crippen molar-refractivity contribution in [3.63, 3.8) is 0 Å². The van der Waals surface area contributed by atoms with Crippen LogP contribution in [0.1, 0.15) is 6.42 Å². The van der Waals surface area contributed by atoms with Gasteiger partial charge in [0, 0.05) is 35.4 Å². The summed E-state index contributed by atoms with van der Waals surface area (Å²) in [5.41, 5.74) is 2.03. The topological polar surface area (TPSA) is 37.0 Å². The van der Waals surface area contributed by atoms with Crippen molar-refractivity contribution in [1.82, 2.24) is 10.3 Å². The molecule has 4 heteroatoms. The van der Waals surface area contributed by atoms with Gasteiger partial charge in [-0.25, -0.2) is 0 Å². The van der Waals surface area contributed by atoms with E-state index < -0.39 is 0 Å². The largest absolute Gasteiger partial charge is 0.384 e. The van der Waals surface area contributed by atoms with Gasteiger partial charge in [-0.2, -0.15) is 0 Å². The lowest BCUT2D eigenvalue weighted by Crippen LogP contribution is -2.23. The molecule has 0 atom stereocenters. The highest BCUT2D eigenvalue weighted by atomic mass is 35.5. The average Bonchev–Trinajstić information content (AvgIpc) is 3.03. The van der Waals surface area contributed by atoms with Crippen LogP contribution in [0.3, 0.4) is 0 Å². The molecule has 2 N–H and O–H groups in total. The van der Waals surface area contributed by atoms with Crippen LogP contribution in [0, 0.1) is 31.6 Å². The number of fused-ring (bicyclic) bond motifs is 1. The van der Waals surface area contributed by atoms with Crippen LogP contribution in [0.4, 0.5) is 5.69 Å². The summed E-state index contributed by atoms with van der Waals surface area (Å²) in [6.45, 7) is 2.85. The molecule has 0 bridgehead atoms. The van der Waals surface area contributed by atoms with E-state index in [-0.39, 0.29) is 0 Å². The number of rotatable bonds is 7. The minimum atomic E-state index is 0.717. The molecule has 1 aromatic carbocycles. The number of halogens is 1. The van der Waals surface area contributed by atoms with Crippen molar-refractivity contribution < 1.29 is 0 Å². The van der Waals surface area contributed by atoms with Gasteiger partial charge >= 0.3 is 0 Å². The van der Waals surface area contributed by atoms with Crippen molar-refractivity contribution in [2.75, 3.05) is 25.0 Å². The SMILES string of the molecule is Clc1ccc2c(NCCCNC[C]3[CH][CH][CH][CH]3)ccnc2c1. The zero-order valence-corrected chi connectivity index (χ0v) is 13.1. The van der Waals surface area contributed by atoms with Gasteiger partial charge < -0.3 is 10.6 Å². The molecule has 1 heterocycles. The van der Waals surface area contributed by atoms with Crippen molar-refractivity contribution in [1.29, 1.82) is 0 Å². The summed E-state index contributed by atoms with van der Waals surface area (Å²) >= 11 is 6.01. The molecule has 1 saturated carbocycles. The lowest BCUT2D eigenvalue weighted by Gasteiger charge is -2.11. The van der Waals surface area contributed by atoms with Crippen LogP contribution in [0.15, 0.2) is 30.5 Å². The first-order chi connectivity index (χ1) is 10.8. The number of pyridine rings is 1. The van der Waals surface area contributed by atoms with Crippen molar-refractivity contribution in [3.8, 4) is 0 Å². The Labute approximate surface area is 137 Å². The van der Waals surface area contributed by atoms with E-state index in [4.69, 9.17) is 11.6 Å². The highest BCUT2D eigenvalue weighted by Crippen LogP contribution is 2.24. The number of aromatic nitrogens is 1. The maximum absolute atomic E-state index is 6.01. The third-order valence-corrected chi connectivity index (χ3v) is 3.85. The van der Waals surface area contributed by atoms with E-state index in [9.17, 15) is 0 Å². The Morgan fingerprint density at radius 3 is 2.77 bits per heavy atom. The third kappa shape index (κ3) is 4.11. The van der Waals surface area contributed by atoms with Gasteiger partial charge in [0.15, 0.2) is 0 Å². The summed E-state index contributed by atoms with van der Waals surface area (Å²) in [6, 6.07) is 7.82. The van der Waals surface area contributed by atoms with Gasteiger partial charge in [0.25, 0.3) is 0 Å². The van der Waals surface area contributed by atoms with Crippen molar-refractivity contribution >= 4 is 28.2 Å². The zero-order valence-electron chi connectivity index (χ0n) is 12.3. The predicted octanol–water partition coefficient (Wildman–Crippen LogP) is 3.69. The van der Waals surface area contributed by atoms with Crippen LogP contribution < -0.4 is 10.6 Å². The maximum Gasteiger partial charge on any atom is 0.0737 e. The van der Waals surface area contributed by atoms with Crippen LogP contribution in [-0.2, 0) is 0 Å². The normalized spacial score (nSPS) is 15.5. The van der Waals surface area contributed by atoms with Crippen LogP contribution >= 0.6 is 11.6 Å². The molecule has 0 unspecified atom stereocenters. The van der Waals surface area contributed by atoms with Gasteiger partial charge in [-0.1, -0.05) is 11.6 Å². The molecular weight excluding hydrogens is 294 g/mol. The molecule has 1 fully saturated rings. The minimum absolute atomic E-state index is 0.717. The maximum atomic E-state index is 6.01. The van der Waals surface area contributed by atoms with E-state index in [1.54, 1.807) is 0 Å². The summed E-state index contributed by atoms with van der Waals surface area (Å²) < 4.78 is 0. The average molecular weight is 313 g/mol. The predicted molar refractivity (Wildman–Crippen MR) is 93.2 cm³/mol. The fourth-order valence-electron chi connectivity index (χ4n) is 2.48. The zero-order chi connectivity index (χ0) is 15.2. The van der Waals surface area contributed by atoms with Gasteiger partial charge in [-0.15, -0.1) is 0 Å². The first-order valence-electron chi connectivity index (χ1n) is 7.52. The lowest BCUT2D eigenvalue weighted by atomic mass is 10.1. The summed E-state index contributed by atoms with van der Waals surface area (Å²) in [5, 5.41) is 8.75. The van der Waals surface area contributed by atoms with Gasteiger partial charge in [-0.3, -0.25) is 4.98 Å². The van der Waals surface area contributed by atoms with E-state index in [2.05, 4.69) is 41.3 Å². The van der Waals surface area contributed by atoms with Gasteiger partial charge in [0.1, 0.15) is 0 Å². The summed E-state index contributed by atoms with van der Waals surface area (Å²) in [6.07, 6.45) is 11.3. The molecular formula is C18H19ClN3. The van der Waals surface area contributed by atoms with Crippen LogP contribution in [-0.4, -0.2) is 24.6 Å². The van der Waals surface area contributed by atoms with Crippen molar-refractivity contribution in [3.05, 3.63) is 67.1 Å². The van der Waals surface area contributed by atoms with E-state index in [0.717, 1.165) is 42.6 Å². The molecule has 1 aliphatic carbocycles. The monoisotopic (exact) mass is 312 g/mol. The van der Waals surface area contributed by atoms with Crippen LogP contribution in [0.2, 0.25) is 5.02 Å². The van der Waals surface area contributed by atoms with Crippen molar-refractivity contribution in [2.24, 2.45) is 0 Å². The Balaban J connectivity index is 1.43. The number of benzene rings is 1. The van der Waals surface area contributed by atoms with Crippen LogP contribution in [0.25, 0.3) is 10.9 Å². The first kappa shape index (κ1) is 15.6.